The van der Waals surface area contributed by atoms with Crippen molar-refractivity contribution >= 4 is 16.6 Å². The molecule has 5 rings (SSSR count). The van der Waals surface area contributed by atoms with Crippen molar-refractivity contribution in [2.45, 2.75) is 19.0 Å². The third-order valence-corrected chi connectivity index (χ3v) is 6.40. The van der Waals surface area contributed by atoms with Crippen LogP contribution in [0.3, 0.4) is 0 Å². The van der Waals surface area contributed by atoms with Gasteiger partial charge in [-0.3, -0.25) is 9.88 Å². The van der Waals surface area contributed by atoms with Gasteiger partial charge < -0.3 is 10.6 Å². The molecule has 0 aliphatic carbocycles. The first-order valence-corrected chi connectivity index (χ1v) is 11.5. The van der Waals surface area contributed by atoms with E-state index in [1.165, 1.54) is 22.4 Å². The Kier molecular flexibility index (Phi) is 6.15. The van der Waals surface area contributed by atoms with E-state index in [-0.39, 0.29) is 6.04 Å². The molecular weight excluding hydrogens is 392 g/mol. The smallest absolute Gasteiger partial charge is 0.0935 e. The van der Waals surface area contributed by atoms with Crippen LogP contribution in [0.15, 0.2) is 91.1 Å². The zero-order valence-corrected chi connectivity index (χ0v) is 18.4. The first kappa shape index (κ1) is 20.7. The Balaban J connectivity index is 1.36. The zero-order chi connectivity index (χ0) is 21.8. The molecule has 4 heteroatoms. The lowest BCUT2D eigenvalue weighted by atomic mass is 9.97. The largest absolute Gasteiger partial charge is 0.367 e. The fraction of sp³-hybridized carbons (Fsp3) is 0.250. The summed E-state index contributed by atoms with van der Waals surface area (Å²) >= 11 is 0. The Morgan fingerprint density at radius 3 is 2.19 bits per heavy atom. The van der Waals surface area contributed by atoms with Crippen LogP contribution in [-0.2, 0) is 13.0 Å². The maximum absolute atomic E-state index is 6.68. The van der Waals surface area contributed by atoms with Gasteiger partial charge in [-0.05, 0) is 41.3 Å². The molecule has 1 saturated heterocycles. The number of benzene rings is 3. The Bertz CT molecular complexity index is 1150. The lowest BCUT2D eigenvalue weighted by Gasteiger charge is -2.36. The highest BCUT2D eigenvalue weighted by Crippen LogP contribution is 2.31. The summed E-state index contributed by atoms with van der Waals surface area (Å²) in [5.41, 5.74) is 12.8. The number of rotatable bonds is 6. The van der Waals surface area contributed by atoms with Crippen LogP contribution in [-0.4, -0.2) is 36.1 Å². The van der Waals surface area contributed by atoms with Crippen LogP contribution >= 0.6 is 0 Å². The third kappa shape index (κ3) is 4.67. The van der Waals surface area contributed by atoms with Gasteiger partial charge in [0.1, 0.15) is 0 Å². The number of hydrogen-bond acceptors (Lipinski definition) is 4. The van der Waals surface area contributed by atoms with Crippen LogP contribution in [0.2, 0.25) is 0 Å². The Morgan fingerprint density at radius 2 is 1.47 bits per heavy atom. The summed E-state index contributed by atoms with van der Waals surface area (Å²) in [5.74, 6) is 0. The standard InChI is InChI=1S/C28H30N4/c29-26(18-22-8-3-1-4-9-22)25-19-24-12-7-13-30-28(24)27(20-25)32-16-14-31(15-17-32)21-23-10-5-2-6-11-23/h1-13,19-20,26H,14-18,21,29H2. The molecule has 0 amide bonds. The number of hydrogen-bond donors (Lipinski definition) is 1. The van der Waals surface area contributed by atoms with Crippen LogP contribution in [0.25, 0.3) is 10.9 Å². The minimum Gasteiger partial charge on any atom is -0.367 e. The molecule has 1 aromatic heterocycles. The molecule has 32 heavy (non-hydrogen) atoms. The quantitative estimate of drug-likeness (QED) is 0.485. The van der Waals surface area contributed by atoms with E-state index in [2.05, 4.69) is 82.6 Å². The van der Waals surface area contributed by atoms with Crippen molar-refractivity contribution < 1.29 is 0 Å². The molecule has 0 spiro atoms. The van der Waals surface area contributed by atoms with E-state index < -0.39 is 0 Å². The second kappa shape index (κ2) is 9.51. The van der Waals surface area contributed by atoms with E-state index in [4.69, 9.17) is 10.7 Å². The topological polar surface area (TPSA) is 45.4 Å². The number of piperazine rings is 1. The van der Waals surface area contributed by atoms with Crippen molar-refractivity contribution in [2.75, 3.05) is 31.1 Å². The number of fused-ring (bicyclic) bond motifs is 1. The van der Waals surface area contributed by atoms with E-state index in [0.717, 1.165) is 50.0 Å². The van der Waals surface area contributed by atoms with Crippen LogP contribution < -0.4 is 10.6 Å². The molecule has 2 heterocycles. The van der Waals surface area contributed by atoms with Gasteiger partial charge in [-0.2, -0.15) is 0 Å². The van der Waals surface area contributed by atoms with Crippen molar-refractivity contribution in [2.24, 2.45) is 5.73 Å². The van der Waals surface area contributed by atoms with Gasteiger partial charge in [0.05, 0.1) is 11.2 Å². The molecule has 162 valence electrons. The Hall–Kier alpha value is -3.21. The number of nitrogens with two attached hydrogens (primary N) is 1. The van der Waals surface area contributed by atoms with Crippen molar-refractivity contribution in [3.05, 3.63) is 108 Å². The SMILES string of the molecule is NC(Cc1ccccc1)c1cc(N2CCN(Cc3ccccc3)CC2)c2ncccc2c1. The van der Waals surface area contributed by atoms with Gasteiger partial charge in [0.25, 0.3) is 0 Å². The molecule has 2 N–H and O–H groups in total. The molecule has 0 radical (unpaired) electrons. The predicted octanol–water partition coefficient (Wildman–Crippen LogP) is 4.80. The molecule has 1 atom stereocenters. The van der Waals surface area contributed by atoms with Crippen LogP contribution in [0.1, 0.15) is 22.7 Å². The molecule has 1 aliphatic heterocycles. The summed E-state index contributed by atoms with van der Waals surface area (Å²) in [6.07, 6.45) is 2.72. The van der Waals surface area contributed by atoms with Gasteiger partial charge in [-0.1, -0.05) is 66.7 Å². The Morgan fingerprint density at radius 1 is 0.781 bits per heavy atom. The van der Waals surface area contributed by atoms with Gasteiger partial charge >= 0.3 is 0 Å². The predicted molar refractivity (Wildman–Crippen MR) is 133 cm³/mol. The molecule has 4 aromatic rings. The lowest BCUT2D eigenvalue weighted by Crippen LogP contribution is -2.46. The fourth-order valence-electron chi connectivity index (χ4n) is 4.63. The molecule has 0 saturated carbocycles. The summed E-state index contributed by atoms with van der Waals surface area (Å²) in [6, 6.07) is 29.8. The molecule has 1 aliphatic rings. The van der Waals surface area contributed by atoms with E-state index in [1.807, 2.05) is 18.3 Å². The molecule has 4 nitrogen and oxygen atoms in total. The van der Waals surface area contributed by atoms with Crippen molar-refractivity contribution in [1.82, 2.24) is 9.88 Å². The van der Waals surface area contributed by atoms with Gasteiger partial charge in [0.15, 0.2) is 0 Å². The number of nitrogens with zero attached hydrogens (tertiary/aromatic N) is 3. The molecule has 1 unspecified atom stereocenters. The average Bonchev–Trinajstić information content (AvgIpc) is 2.85. The second-order valence-electron chi connectivity index (χ2n) is 8.66. The first-order valence-electron chi connectivity index (χ1n) is 11.5. The second-order valence-corrected chi connectivity index (χ2v) is 8.66. The molecule has 3 aromatic carbocycles. The highest BCUT2D eigenvalue weighted by molar-refractivity contribution is 5.91. The van der Waals surface area contributed by atoms with E-state index in [0.29, 0.717) is 0 Å². The van der Waals surface area contributed by atoms with Crippen LogP contribution in [0, 0.1) is 0 Å². The van der Waals surface area contributed by atoms with Gasteiger partial charge in [-0.15, -0.1) is 0 Å². The maximum atomic E-state index is 6.68. The van der Waals surface area contributed by atoms with Crippen LogP contribution in [0.5, 0.6) is 0 Å². The third-order valence-electron chi connectivity index (χ3n) is 6.40. The normalized spacial score (nSPS) is 15.7. The highest BCUT2D eigenvalue weighted by Gasteiger charge is 2.21. The Labute approximate surface area is 190 Å². The zero-order valence-electron chi connectivity index (χ0n) is 18.4. The number of aromatic nitrogens is 1. The highest BCUT2D eigenvalue weighted by atomic mass is 15.3. The van der Waals surface area contributed by atoms with E-state index >= 15 is 0 Å². The molecule has 1 fully saturated rings. The monoisotopic (exact) mass is 422 g/mol. The summed E-state index contributed by atoms with van der Waals surface area (Å²) in [5, 5.41) is 1.16. The minimum absolute atomic E-state index is 0.0416. The summed E-state index contributed by atoms with van der Waals surface area (Å²) in [7, 11) is 0. The summed E-state index contributed by atoms with van der Waals surface area (Å²) in [4.78, 5) is 9.75. The van der Waals surface area contributed by atoms with E-state index in [9.17, 15) is 0 Å². The molecular formula is C28H30N4. The van der Waals surface area contributed by atoms with Crippen molar-refractivity contribution in [3.63, 3.8) is 0 Å². The van der Waals surface area contributed by atoms with Crippen molar-refractivity contribution in [1.29, 1.82) is 0 Å². The van der Waals surface area contributed by atoms with E-state index in [1.54, 1.807) is 0 Å². The summed E-state index contributed by atoms with van der Waals surface area (Å²) in [6.45, 7) is 5.09. The lowest BCUT2D eigenvalue weighted by molar-refractivity contribution is 0.250. The van der Waals surface area contributed by atoms with Gasteiger partial charge in [0, 0.05) is 50.3 Å². The van der Waals surface area contributed by atoms with Crippen LogP contribution in [0.4, 0.5) is 5.69 Å². The van der Waals surface area contributed by atoms with Crippen molar-refractivity contribution in [3.8, 4) is 0 Å². The van der Waals surface area contributed by atoms with Gasteiger partial charge in [-0.25, -0.2) is 0 Å². The minimum atomic E-state index is -0.0416. The summed E-state index contributed by atoms with van der Waals surface area (Å²) < 4.78 is 0. The first-order chi connectivity index (χ1) is 15.8. The number of pyridine rings is 1. The molecule has 0 bridgehead atoms. The number of anilines is 1. The van der Waals surface area contributed by atoms with Gasteiger partial charge in [0.2, 0.25) is 0 Å². The fourth-order valence-corrected chi connectivity index (χ4v) is 4.63. The average molecular weight is 423 g/mol. The maximum Gasteiger partial charge on any atom is 0.0935 e.